The number of hydrogen-bond acceptors (Lipinski definition) is 3. The van der Waals surface area contributed by atoms with Gasteiger partial charge in [-0.15, -0.1) is 0 Å². The molecule has 1 fully saturated rings. The van der Waals surface area contributed by atoms with Gasteiger partial charge < -0.3 is 0 Å². The van der Waals surface area contributed by atoms with Gasteiger partial charge in [0.15, 0.2) is 0 Å². The molecule has 1 aromatic rings. The normalized spacial score (nSPS) is 25.3. The Morgan fingerprint density at radius 2 is 2.33 bits per heavy atom. The molecule has 2 unspecified atom stereocenters. The first kappa shape index (κ1) is 14.3. The van der Waals surface area contributed by atoms with Crippen molar-refractivity contribution in [3.63, 3.8) is 0 Å². The Morgan fingerprint density at radius 1 is 1.56 bits per heavy atom. The van der Waals surface area contributed by atoms with Crippen molar-refractivity contribution in [1.29, 1.82) is 0 Å². The standard InChI is InChI=1S/C13H18BrFN2S/c1-13(3-2-4-18-13)12(17-16)7-9-5-10(14)8-11(15)6-9/h5-6,8,12,17H,2-4,7,16H2,1H3. The van der Waals surface area contributed by atoms with Gasteiger partial charge in [-0.05, 0) is 55.7 Å². The summed E-state index contributed by atoms with van der Waals surface area (Å²) in [5.41, 5.74) is 3.88. The average molecular weight is 333 g/mol. The summed E-state index contributed by atoms with van der Waals surface area (Å²) >= 11 is 5.28. The van der Waals surface area contributed by atoms with E-state index in [1.165, 1.54) is 18.2 Å². The molecule has 5 heteroatoms. The van der Waals surface area contributed by atoms with Gasteiger partial charge in [-0.1, -0.05) is 15.9 Å². The fraction of sp³-hybridized carbons (Fsp3) is 0.538. The lowest BCUT2D eigenvalue weighted by atomic mass is 9.91. The summed E-state index contributed by atoms with van der Waals surface area (Å²) in [5, 5.41) is 0. The van der Waals surface area contributed by atoms with Crippen molar-refractivity contribution in [3.05, 3.63) is 34.1 Å². The molecule has 2 rings (SSSR count). The first-order valence-corrected chi connectivity index (χ1v) is 7.86. The minimum Gasteiger partial charge on any atom is -0.271 e. The van der Waals surface area contributed by atoms with Crippen LogP contribution >= 0.6 is 27.7 Å². The van der Waals surface area contributed by atoms with Gasteiger partial charge in [-0.2, -0.15) is 11.8 Å². The van der Waals surface area contributed by atoms with Crippen LogP contribution in [-0.2, 0) is 6.42 Å². The number of benzene rings is 1. The summed E-state index contributed by atoms with van der Waals surface area (Å²) < 4.78 is 14.3. The Morgan fingerprint density at radius 3 is 2.89 bits per heavy atom. The van der Waals surface area contributed by atoms with E-state index in [4.69, 9.17) is 5.84 Å². The van der Waals surface area contributed by atoms with E-state index >= 15 is 0 Å². The van der Waals surface area contributed by atoms with Crippen molar-refractivity contribution >= 4 is 27.7 Å². The Kier molecular flexibility index (Phi) is 4.69. The van der Waals surface area contributed by atoms with Gasteiger partial charge >= 0.3 is 0 Å². The Bertz CT molecular complexity index is 401. The van der Waals surface area contributed by atoms with Crippen LogP contribution in [0.4, 0.5) is 4.39 Å². The number of thioether (sulfide) groups is 1. The number of hydrazine groups is 1. The van der Waals surface area contributed by atoms with Gasteiger partial charge in [-0.3, -0.25) is 11.3 Å². The second kappa shape index (κ2) is 5.90. The van der Waals surface area contributed by atoms with E-state index < -0.39 is 0 Å². The predicted octanol–water partition coefficient (Wildman–Crippen LogP) is 3.25. The van der Waals surface area contributed by atoms with Crippen molar-refractivity contribution in [3.8, 4) is 0 Å². The molecule has 1 heterocycles. The summed E-state index contributed by atoms with van der Waals surface area (Å²) in [6.45, 7) is 2.24. The molecule has 100 valence electrons. The minimum atomic E-state index is -0.209. The molecule has 0 bridgehead atoms. The van der Waals surface area contributed by atoms with Gasteiger partial charge in [0, 0.05) is 15.3 Å². The number of nitrogens with one attached hydrogen (secondary N) is 1. The molecule has 1 aliphatic rings. The SMILES string of the molecule is CC1(C(Cc2cc(F)cc(Br)c2)NN)CCCS1. The molecule has 0 aromatic heterocycles. The molecule has 2 atom stereocenters. The van der Waals surface area contributed by atoms with Crippen molar-refractivity contribution in [2.24, 2.45) is 5.84 Å². The highest BCUT2D eigenvalue weighted by atomic mass is 79.9. The fourth-order valence-electron chi connectivity index (χ4n) is 2.49. The van der Waals surface area contributed by atoms with Crippen LogP contribution in [-0.4, -0.2) is 16.5 Å². The molecule has 0 radical (unpaired) electrons. The number of rotatable bonds is 4. The van der Waals surface area contributed by atoms with Crippen LogP contribution in [0, 0.1) is 5.82 Å². The average Bonchev–Trinajstić information content (AvgIpc) is 2.72. The first-order valence-electron chi connectivity index (χ1n) is 6.08. The lowest BCUT2D eigenvalue weighted by Gasteiger charge is -2.33. The van der Waals surface area contributed by atoms with Crippen LogP contribution in [0.25, 0.3) is 0 Å². The quantitative estimate of drug-likeness (QED) is 0.656. The van der Waals surface area contributed by atoms with Crippen LogP contribution in [0.1, 0.15) is 25.3 Å². The molecule has 3 N–H and O–H groups in total. The van der Waals surface area contributed by atoms with Crippen LogP contribution in [0.15, 0.2) is 22.7 Å². The Balaban J connectivity index is 2.14. The molecule has 18 heavy (non-hydrogen) atoms. The van der Waals surface area contributed by atoms with Gasteiger partial charge in [0.25, 0.3) is 0 Å². The van der Waals surface area contributed by atoms with E-state index in [9.17, 15) is 4.39 Å². The third kappa shape index (κ3) is 3.26. The summed E-state index contributed by atoms with van der Waals surface area (Å²) in [6, 6.07) is 5.17. The molecular weight excluding hydrogens is 315 g/mol. The maximum absolute atomic E-state index is 13.4. The zero-order valence-corrected chi connectivity index (χ0v) is 12.8. The van der Waals surface area contributed by atoms with E-state index in [1.807, 2.05) is 17.8 Å². The summed E-state index contributed by atoms with van der Waals surface area (Å²) in [4.78, 5) is 0. The summed E-state index contributed by atoms with van der Waals surface area (Å²) in [5.74, 6) is 6.67. The van der Waals surface area contributed by atoms with Crippen LogP contribution in [0.3, 0.4) is 0 Å². The number of halogens is 2. The lowest BCUT2D eigenvalue weighted by Crippen LogP contribution is -2.50. The van der Waals surface area contributed by atoms with E-state index in [1.54, 1.807) is 6.07 Å². The van der Waals surface area contributed by atoms with Gasteiger partial charge in [-0.25, -0.2) is 4.39 Å². The molecule has 2 nitrogen and oxygen atoms in total. The molecule has 0 saturated carbocycles. The summed E-state index contributed by atoms with van der Waals surface area (Å²) in [7, 11) is 0. The molecule has 1 saturated heterocycles. The third-order valence-corrected chi connectivity index (χ3v) is 5.65. The second-order valence-electron chi connectivity index (χ2n) is 4.97. The maximum Gasteiger partial charge on any atom is 0.124 e. The highest BCUT2D eigenvalue weighted by molar-refractivity contribution is 9.10. The third-order valence-electron chi connectivity index (χ3n) is 3.55. The zero-order valence-electron chi connectivity index (χ0n) is 10.4. The van der Waals surface area contributed by atoms with Gasteiger partial charge in [0.05, 0.1) is 0 Å². The van der Waals surface area contributed by atoms with E-state index in [0.29, 0.717) is 0 Å². The van der Waals surface area contributed by atoms with Gasteiger partial charge in [0.2, 0.25) is 0 Å². The van der Waals surface area contributed by atoms with Crippen LogP contribution in [0.2, 0.25) is 0 Å². The van der Waals surface area contributed by atoms with Crippen molar-refractivity contribution in [2.75, 3.05) is 5.75 Å². The minimum absolute atomic E-state index is 0.146. The second-order valence-corrected chi connectivity index (χ2v) is 7.51. The van der Waals surface area contributed by atoms with Crippen molar-refractivity contribution in [1.82, 2.24) is 5.43 Å². The molecular formula is C13H18BrFN2S. The molecule has 0 amide bonds. The fourth-order valence-corrected chi connectivity index (χ4v) is 4.40. The van der Waals surface area contributed by atoms with E-state index in [2.05, 4.69) is 28.3 Å². The molecule has 0 aliphatic carbocycles. The largest absolute Gasteiger partial charge is 0.271 e. The monoisotopic (exact) mass is 332 g/mol. The molecule has 0 spiro atoms. The maximum atomic E-state index is 13.4. The van der Waals surface area contributed by atoms with E-state index in [0.717, 1.165) is 22.9 Å². The number of hydrogen-bond donors (Lipinski definition) is 2. The highest BCUT2D eigenvalue weighted by Crippen LogP contribution is 2.41. The van der Waals surface area contributed by atoms with Crippen LogP contribution < -0.4 is 11.3 Å². The Labute approximate surface area is 120 Å². The summed E-state index contributed by atoms with van der Waals surface area (Å²) in [6.07, 6.45) is 3.13. The lowest BCUT2D eigenvalue weighted by molar-refractivity contribution is 0.405. The molecule has 1 aliphatic heterocycles. The molecule has 1 aromatic carbocycles. The predicted molar refractivity (Wildman–Crippen MR) is 79.0 cm³/mol. The van der Waals surface area contributed by atoms with Crippen molar-refractivity contribution < 1.29 is 4.39 Å². The zero-order chi connectivity index (χ0) is 13.2. The topological polar surface area (TPSA) is 38.0 Å². The first-order chi connectivity index (χ1) is 8.53. The number of nitrogens with two attached hydrogens (primary N) is 1. The highest BCUT2D eigenvalue weighted by Gasteiger charge is 2.37. The van der Waals surface area contributed by atoms with Gasteiger partial charge in [0.1, 0.15) is 5.82 Å². The smallest absolute Gasteiger partial charge is 0.124 e. The van der Waals surface area contributed by atoms with E-state index in [-0.39, 0.29) is 16.6 Å². The Hall–Kier alpha value is -0.100. The van der Waals surface area contributed by atoms with Crippen LogP contribution in [0.5, 0.6) is 0 Å². The van der Waals surface area contributed by atoms with Crippen molar-refractivity contribution in [2.45, 2.75) is 37.0 Å².